The Kier molecular flexibility index (Phi) is 4.38. The van der Waals surface area contributed by atoms with Gasteiger partial charge in [-0.25, -0.2) is 0 Å². The van der Waals surface area contributed by atoms with Crippen LogP contribution in [0.15, 0.2) is 18.5 Å². The predicted octanol–water partition coefficient (Wildman–Crippen LogP) is 0.412. The van der Waals surface area contributed by atoms with E-state index >= 15 is 0 Å². The number of hydrogen-bond acceptors (Lipinski definition) is 4. The molecule has 5 nitrogen and oxygen atoms in total. The topological polar surface area (TPSA) is 73.7 Å². The number of aliphatic hydroxyl groups excluding tert-OH is 1. The van der Waals surface area contributed by atoms with E-state index in [4.69, 9.17) is 5.11 Å². The van der Waals surface area contributed by atoms with E-state index in [2.05, 4.69) is 16.8 Å². The Balaban J connectivity index is 2.21. The number of hydrogen-bond donors (Lipinski definition) is 2. The number of likely N-dealkylation sites (tertiary alicyclic amines) is 1. The Morgan fingerprint density at radius 2 is 2.40 bits per heavy atom. The van der Waals surface area contributed by atoms with Gasteiger partial charge in [-0.05, 0) is 19.4 Å². The van der Waals surface area contributed by atoms with Crippen LogP contribution in [0, 0.1) is 11.8 Å². The molecule has 1 amide bonds. The van der Waals surface area contributed by atoms with Gasteiger partial charge in [0.15, 0.2) is 0 Å². The molecule has 1 atom stereocenters. The summed E-state index contributed by atoms with van der Waals surface area (Å²) in [6.45, 7) is 2.59. The fraction of sp³-hybridized carbons (Fsp3) is 0.467. The largest absolute Gasteiger partial charge is 0.395 e. The first-order chi connectivity index (χ1) is 9.53. The lowest BCUT2D eigenvalue weighted by Crippen LogP contribution is -2.34. The highest BCUT2D eigenvalue weighted by Crippen LogP contribution is 2.22. The number of β-amino-alcohol motifs (C(OH)–C–C–N with tert-alkyl or cyclic N) is 1. The van der Waals surface area contributed by atoms with Crippen LogP contribution in [0.4, 0.5) is 0 Å². The molecule has 2 rings (SSSR count). The molecule has 1 unspecified atom stereocenters. The van der Waals surface area contributed by atoms with Gasteiger partial charge in [0.1, 0.15) is 0 Å². The molecule has 1 fully saturated rings. The number of rotatable bonds is 2. The van der Waals surface area contributed by atoms with Gasteiger partial charge in [-0.3, -0.25) is 9.78 Å². The summed E-state index contributed by atoms with van der Waals surface area (Å²) in [6, 6.07) is 1.64. The Bertz CT molecular complexity index is 558. The highest BCUT2D eigenvalue weighted by Gasteiger charge is 2.34. The van der Waals surface area contributed by atoms with Crippen molar-refractivity contribution in [2.24, 2.45) is 0 Å². The summed E-state index contributed by atoms with van der Waals surface area (Å²) in [6.07, 6.45) is 4.04. The van der Waals surface area contributed by atoms with Gasteiger partial charge in [-0.2, -0.15) is 0 Å². The second kappa shape index (κ2) is 6.04. The van der Waals surface area contributed by atoms with Gasteiger partial charge in [0.2, 0.25) is 0 Å². The summed E-state index contributed by atoms with van der Waals surface area (Å²) >= 11 is 0. The van der Waals surface area contributed by atoms with E-state index in [-0.39, 0.29) is 12.5 Å². The molecule has 0 spiro atoms. The summed E-state index contributed by atoms with van der Waals surface area (Å²) in [7, 11) is 0. The molecule has 5 heteroatoms. The molecule has 0 saturated carbocycles. The lowest BCUT2D eigenvalue weighted by Gasteiger charge is -2.19. The van der Waals surface area contributed by atoms with Crippen molar-refractivity contribution in [2.75, 3.05) is 19.7 Å². The van der Waals surface area contributed by atoms with E-state index in [1.165, 1.54) is 0 Å². The van der Waals surface area contributed by atoms with Gasteiger partial charge in [0.25, 0.3) is 5.91 Å². The van der Waals surface area contributed by atoms with Crippen molar-refractivity contribution < 1.29 is 15.0 Å². The summed E-state index contributed by atoms with van der Waals surface area (Å²) in [5, 5.41) is 18.7. The Labute approximate surface area is 118 Å². The van der Waals surface area contributed by atoms with Crippen molar-refractivity contribution in [3.05, 3.63) is 29.6 Å². The van der Waals surface area contributed by atoms with Crippen LogP contribution in [0.3, 0.4) is 0 Å². The zero-order valence-corrected chi connectivity index (χ0v) is 11.5. The smallest absolute Gasteiger partial charge is 0.255 e. The first-order valence-corrected chi connectivity index (χ1v) is 6.59. The van der Waals surface area contributed by atoms with Crippen LogP contribution >= 0.6 is 0 Å². The highest BCUT2D eigenvalue weighted by atomic mass is 16.3. The van der Waals surface area contributed by atoms with Crippen LogP contribution in [-0.2, 0) is 0 Å². The van der Waals surface area contributed by atoms with Gasteiger partial charge in [0.05, 0.1) is 23.3 Å². The van der Waals surface area contributed by atoms with Gasteiger partial charge < -0.3 is 15.1 Å². The van der Waals surface area contributed by atoms with Crippen molar-refractivity contribution in [2.45, 2.75) is 25.4 Å². The molecular formula is C15H18N2O3. The number of pyridine rings is 1. The fourth-order valence-corrected chi connectivity index (χ4v) is 2.18. The van der Waals surface area contributed by atoms with E-state index in [0.717, 1.165) is 0 Å². The third kappa shape index (κ3) is 3.35. The molecule has 20 heavy (non-hydrogen) atoms. The van der Waals surface area contributed by atoms with E-state index < -0.39 is 5.60 Å². The third-order valence-corrected chi connectivity index (χ3v) is 3.25. The zero-order chi connectivity index (χ0) is 14.6. The normalized spacial score (nSPS) is 21.4. The average Bonchev–Trinajstić information content (AvgIpc) is 2.79. The molecule has 0 aromatic carbocycles. The second-order valence-electron chi connectivity index (χ2n) is 5.17. The molecule has 106 valence electrons. The monoisotopic (exact) mass is 274 g/mol. The first-order valence-electron chi connectivity index (χ1n) is 6.59. The van der Waals surface area contributed by atoms with Crippen molar-refractivity contribution in [3.63, 3.8) is 0 Å². The third-order valence-electron chi connectivity index (χ3n) is 3.25. The SMILES string of the molecule is CC1(O)CCN(C(=O)c2ccncc2C#CCCO)C1. The van der Waals surface area contributed by atoms with E-state index in [1.54, 1.807) is 30.3 Å². The summed E-state index contributed by atoms with van der Waals surface area (Å²) in [4.78, 5) is 18.1. The van der Waals surface area contributed by atoms with E-state index in [0.29, 0.717) is 37.1 Å². The summed E-state index contributed by atoms with van der Waals surface area (Å²) in [5.41, 5.74) is 0.228. The van der Waals surface area contributed by atoms with Crippen molar-refractivity contribution in [1.29, 1.82) is 0 Å². The maximum Gasteiger partial charge on any atom is 0.255 e. The minimum atomic E-state index is -0.814. The molecule has 1 aromatic rings. The molecule has 0 aliphatic carbocycles. The standard InChI is InChI=1S/C15H18N2O3/c1-15(20)6-8-17(11-15)14(19)13-5-7-16-10-12(13)4-2-3-9-18/h5,7,10,18,20H,3,6,8-9,11H2,1H3. The molecule has 0 radical (unpaired) electrons. The van der Waals surface area contributed by atoms with E-state index in [1.807, 2.05) is 0 Å². The quantitative estimate of drug-likeness (QED) is 0.766. The second-order valence-corrected chi connectivity index (χ2v) is 5.17. The van der Waals surface area contributed by atoms with Crippen molar-refractivity contribution in [3.8, 4) is 11.8 Å². The Hall–Kier alpha value is -1.90. The van der Waals surface area contributed by atoms with Crippen LogP contribution in [0.5, 0.6) is 0 Å². The van der Waals surface area contributed by atoms with Crippen molar-refractivity contribution in [1.82, 2.24) is 9.88 Å². The van der Waals surface area contributed by atoms with Crippen LogP contribution in [0.2, 0.25) is 0 Å². The lowest BCUT2D eigenvalue weighted by atomic mass is 10.1. The maximum absolute atomic E-state index is 12.5. The van der Waals surface area contributed by atoms with Crippen molar-refractivity contribution >= 4 is 5.91 Å². The van der Waals surface area contributed by atoms with Crippen LogP contribution in [0.25, 0.3) is 0 Å². The van der Waals surface area contributed by atoms with Gasteiger partial charge in [-0.15, -0.1) is 0 Å². The number of aromatic nitrogens is 1. The van der Waals surface area contributed by atoms with Gasteiger partial charge >= 0.3 is 0 Å². The zero-order valence-electron chi connectivity index (χ0n) is 11.5. The predicted molar refractivity (Wildman–Crippen MR) is 74.0 cm³/mol. The molecular weight excluding hydrogens is 256 g/mol. The number of amides is 1. The van der Waals surface area contributed by atoms with E-state index in [9.17, 15) is 9.90 Å². The van der Waals surface area contributed by atoms with Crippen LogP contribution in [0.1, 0.15) is 35.7 Å². The molecule has 1 aliphatic heterocycles. The molecule has 2 heterocycles. The summed E-state index contributed by atoms with van der Waals surface area (Å²) < 4.78 is 0. The number of carbonyl (C=O) groups is 1. The van der Waals surface area contributed by atoms with Crippen LogP contribution in [-0.4, -0.2) is 51.3 Å². The summed E-state index contributed by atoms with van der Waals surface area (Å²) in [5.74, 6) is 5.51. The first kappa shape index (κ1) is 14.5. The molecule has 2 N–H and O–H groups in total. The number of nitrogens with zero attached hydrogens (tertiary/aromatic N) is 2. The van der Waals surface area contributed by atoms with Gasteiger partial charge in [0, 0.05) is 31.9 Å². The lowest BCUT2D eigenvalue weighted by molar-refractivity contribution is 0.0572. The molecule has 0 bridgehead atoms. The Morgan fingerprint density at radius 3 is 3.05 bits per heavy atom. The Morgan fingerprint density at radius 1 is 1.60 bits per heavy atom. The number of aliphatic hydroxyl groups is 2. The minimum absolute atomic E-state index is 0.00840. The van der Waals surface area contributed by atoms with Gasteiger partial charge in [-0.1, -0.05) is 11.8 Å². The molecule has 1 aromatic heterocycles. The molecule has 1 saturated heterocycles. The number of carbonyl (C=O) groups excluding carboxylic acids is 1. The fourth-order valence-electron chi connectivity index (χ4n) is 2.18. The molecule has 1 aliphatic rings. The van der Waals surface area contributed by atoms with Crippen LogP contribution < -0.4 is 0 Å². The average molecular weight is 274 g/mol. The maximum atomic E-state index is 12.5. The minimum Gasteiger partial charge on any atom is -0.395 e. The highest BCUT2D eigenvalue weighted by molar-refractivity contribution is 5.96.